The Kier molecular flexibility index (Phi) is 5.57. The lowest BCUT2D eigenvalue weighted by atomic mass is 9.97. The van der Waals surface area contributed by atoms with Crippen LogP contribution in [-0.4, -0.2) is 25.5 Å². The SMILES string of the molecule is COc1ccc2cc([C@H](C)C(=O)NCCCC(N)=O)ccc2c1. The maximum Gasteiger partial charge on any atom is 0.227 e. The normalized spacial score (nSPS) is 11.9. The fourth-order valence-electron chi connectivity index (χ4n) is 2.42. The first-order chi connectivity index (χ1) is 11.0. The molecular formula is C18H22N2O3. The van der Waals surface area contributed by atoms with Crippen molar-refractivity contribution in [1.82, 2.24) is 5.32 Å². The Balaban J connectivity index is 2.03. The van der Waals surface area contributed by atoms with Gasteiger partial charge < -0.3 is 15.8 Å². The van der Waals surface area contributed by atoms with Gasteiger partial charge in [0, 0.05) is 13.0 Å². The van der Waals surface area contributed by atoms with Crippen LogP contribution in [0.3, 0.4) is 0 Å². The van der Waals surface area contributed by atoms with Crippen LogP contribution in [0.1, 0.15) is 31.2 Å². The molecule has 0 aliphatic carbocycles. The number of benzene rings is 2. The predicted octanol–water partition coefficient (Wildman–Crippen LogP) is 2.33. The Hall–Kier alpha value is -2.56. The van der Waals surface area contributed by atoms with Crippen molar-refractivity contribution in [2.75, 3.05) is 13.7 Å². The first-order valence-corrected chi connectivity index (χ1v) is 7.65. The fraction of sp³-hybridized carbons (Fsp3) is 0.333. The molecule has 2 aromatic carbocycles. The molecule has 2 amide bonds. The van der Waals surface area contributed by atoms with Gasteiger partial charge in [-0.25, -0.2) is 0 Å². The van der Waals surface area contributed by atoms with Gasteiger partial charge in [-0.15, -0.1) is 0 Å². The van der Waals surface area contributed by atoms with Gasteiger partial charge in [0.15, 0.2) is 0 Å². The van der Waals surface area contributed by atoms with Crippen molar-refractivity contribution in [1.29, 1.82) is 0 Å². The molecule has 2 aromatic rings. The average Bonchev–Trinajstić information content (AvgIpc) is 2.56. The number of methoxy groups -OCH3 is 1. The summed E-state index contributed by atoms with van der Waals surface area (Å²) in [7, 11) is 1.64. The predicted molar refractivity (Wildman–Crippen MR) is 90.4 cm³/mol. The highest BCUT2D eigenvalue weighted by molar-refractivity contribution is 5.88. The number of nitrogens with two attached hydrogens (primary N) is 1. The number of amides is 2. The number of ether oxygens (including phenoxy) is 1. The van der Waals surface area contributed by atoms with E-state index in [0.717, 1.165) is 22.1 Å². The van der Waals surface area contributed by atoms with Crippen molar-refractivity contribution in [3.63, 3.8) is 0 Å². The van der Waals surface area contributed by atoms with E-state index in [9.17, 15) is 9.59 Å². The van der Waals surface area contributed by atoms with Gasteiger partial charge in [-0.3, -0.25) is 9.59 Å². The third kappa shape index (κ3) is 4.45. The fourth-order valence-corrected chi connectivity index (χ4v) is 2.42. The molecule has 0 aliphatic heterocycles. The van der Waals surface area contributed by atoms with Gasteiger partial charge in [0.2, 0.25) is 11.8 Å². The topological polar surface area (TPSA) is 81.4 Å². The monoisotopic (exact) mass is 314 g/mol. The van der Waals surface area contributed by atoms with Crippen LogP contribution in [0.15, 0.2) is 36.4 Å². The summed E-state index contributed by atoms with van der Waals surface area (Å²) < 4.78 is 5.21. The van der Waals surface area contributed by atoms with Crippen LogP contribution >= 0.6 is 0 Å². The minimum absolute atomic E-state index is 0.0534. The van der Waals surface area contributed by atoms with E-state index < -0.39 is 0 Å². The molecular weight excluding hydrogens is 292 g/mol. The van der Waals surface area contributed by atoms with Crippen LogP contribution < -0.4 is 15.8 Å². The van der Waals surface area contributed by atoms with E-state index in [1.165, 1.54) is 0 Å². The summed E-state index contributed by atoms with van der Waals surface area (Å²) in [6.45, 7) is 2.32. The van der Waals surface area contributed by atoms with Gasteiger partial charge in [-0.05, 0) is 41.8 Å². The van der Waals surface area contributed by atoms with Gasteiger partial charge in [0.25, 0.3) is 0 Å². The van der Waals surface area contributed by atoms with Crippen molar-refractivity contribution in [3.05, 3.63) is 42.0 Å². The molecule has 0 aliphatic rings. The molecule has 0 heterocycles. The van der Waals surface area contributed by atoms with Crippen molar-refractivity contribution in [3.8, 4) is 5.75 Å². The zero-order chi connectivity index (χ0) is 16.8. The second kappa shape index (κ2) is 7.63. The van der Waals surface area contributed by atoms with Gasteiger partial charge in [-0.1, -0.05) is 24.3 Å². The van der Waals surface area contributed by atoms with E-state index in [4.69, 9.17) is 10.5 Å². The third-order valence-electron chi connectivity index (χ3n) is 3.86. The standard InChI is InChI=1S/C18H22N2O3/c1-12(18(22)20-9-3-4-17(19)21)13-5-6-15-11-16(23-2)8-7-14(15)10-13/h5-8,10-12H,3-4,9H2,1-2H3,(H2,19,21)(H,20,22)/t12-/m0/s1. The van der Waals surface area contributed by atoms with Crippen molar-refractivity contribution < 1.29 is 14.3 Å². The van der Waals surface area contributed by atoms with Gasteiger partial charge in [-0.2, -0.15) is 0 Å². The molecule has 0 unspecified atom stereocenters. The molecule has 0 bridgehead atoms. The average molecular weight is 314 g/mol. The lowest BCUT2D eigenvalue weighted by Gasteiger charge is -2.13. The summed E-state index contributed by atoms with van der Waals surface area (Å²) in [5.74, 6) is 0.153. The van der Waals surface area contributed by atoms with Crippen molar-refractivity contribution in [2.24, 2.45) is 5.73 Å². The number of hydrogen-bond acceptors (Lipinski definition) is 3. The molecule has 122 valence electrons. The van der Waals surface area contributed by atoms with E-state index in [2.05, 4.69) is 5.32 Å². The molecule has 2 rings (SSSR count). The van der Waals surface area contributed by atoms with Crippen LogP contribution in [-0.2, 0) is 9.59 Å². The zero-order valence-corrected chi connectivity index (χ0v) is 13.5. The number of fused-ring (bicyclic) bond motifs is 1. The van der Waals surface area contributed by atoms with Crippen LogP contribution in [0.25, 0.3) is 10.8 Å². The molecule has 0 saturated heterocycles. The Morgan fingerprint density at radius 2 is 1.87 bits per heavy atom. The minimum Gasteiger partial charge on any atom is -0.497 e. The molecule has 5 heteroatoms. The summed E-state index contributed by atoms with van der Waals surface area (Å²) in [4.78, 5) is 22.8. The van der Waals surface area contributed by atoms with E-state index in [0.29, 0.717) is 13.0 Å². The zero-order valence-electron chi connectivity index (χ0n) is 13.5. The largest absolute Gasteiger partial charge is 0.497 e. The summed E-state index contributed by atoms with van der Waals surface area (Å²) in [6, 6.07) is 11.8. The number of carbonyl (C=O) groups excluding carboxylic acids is 2. The first kappa shape index (κ1) is 16.8. The van der Waals surface area contributed by atoms with Gasteiger partial charge in [0.1, 0.15) is 5.75 Å². The van der Waals surface area contributed by atoms with E-state index in [-0.39, 0.29) is 24.2 Å². The van der Waals surface area contributed by atoms with Crippen LogP contribution in [0, 0.1) is 0 Å². The lowest BCUT2D eigenvalue weighted by molar-refractivity contribution is -0.122. The quantitative estimate of drug-likeness (QED) is 0.770. The van der Waals surface area contributed by atoms with Crippen molar-refractivity contribution >= 4 is 22.6 Å². The highest BCUT2D eigenvalue weighted by Gasteiger charge is 2.15. The molecule has 23 heavy (non-hydrogen) atoms. The smallest absolute Gasteiger partial charge is 0.227 e. The van der Waals surface area contributed by atoms with Gasteiger partial charge in [0.05, 0.1) is 13.0 Å². The Morgan fingerprint density at radius 3 is 2.57 bits per heavy atom. The summed E-state index contributed by atoms with van der Waals surface area (Å²) in [5.41, 5.74) is 6.03. The maximum atomic E-state index is 12.2. The maximum absolute atomic E-state index is 12.2. The summed E-state index contributed by atoms with van der Waals surface area (Å²) in [5, 5.41) is 4.97. The number of rotatable bonds is 7. The van der Waals surface area contributed by atoms with Crippen LogP contribution in [0.4, 0.5) is 0 Å². The van der Waals surface area contributed by atoms with Crippen LogP contribution in [0.5, 0.6) is 5.75 Å². The number of primary amides is 1. The van der Waals surface area contributed by atoms with Gasteiger partial charge >= 0.3 is 0 Å². The van der Waals surface area contributed by atoms with E-state index in [1.54, 1.807) is 7.11 Å². The number of hydrogen-bond donors (Lipinski definition) is 2. The molecule has 0 aromatic heterocycles. The Bertz CT molecular complexity index is 712. The van der Waals surface area contributed by atoms with Crippen LogP contribution in [0.2, 0.25) is 0 Å². The lowest BCUT2D eigenvalue weighted by Crippen LogP contribution is -2.29. The molecule has 0 spiro atoms. The number of carbonyl (C=O) groups is 2. The first-order valence-electron chi connectivity index (χ1n) is 7.65. The summed E-state index contributed by atoms with van der Waals surface area (Å²) >= 11 is 0. The molecule has 1 atom stereocenters. The molecule has 5 nitrogen and oxygen atoms in total. The Morgan fingerprint density at radius 1 is 1.17 bits per heavy atom. The minimum atomic E-state index is -0.350. The molecule has 0 saturated carbocycles. The highest BCUT2D eigenvalue weighted by Crippen LogP contribution is 2.25. The second-order valence-electron chi connectivity index (χ2n) is 5.56. The highest BCUT2D eigenvalue weighted by atomic mass is 16.5. The molecule has 3 N–H and O–H groups in total. The number of nitrogens with one attached hydrogen (secondary N) is 1. The Labute approximate surface area is 135 Å². The second-order valence-corrected chi connectivity index (χ2v) is 5.56. The summed E-state index contributed by atoms with van der Waals surface area (Å²) in [6.07, 6.45) is 0.845. The molecule has 0 fully saturated rings. The molecule has 0 radical (unpaired) electrons. The van der Waals surface area contributed by atoms with E-state index >= 15 is 0 Å². The third-order valence-corrected chi connectivity index (χ3v) is 3.86. The van der Waals surface area contributed by atoms with E-state index in [1.807, 2.05) is 43.3 Å². The van der Waals surface area contributed by atoms with Crippen molar-refractivity contribution in [2.45, 2.75) is 25.7 Å².